The molecule has 0 unspecified atom stereocenters. The van der Waals surface area contributed by atoms with Crippen molar-refractivity contribution in [3.05, 3.63) is 77.1 Å². The summed E-state index contributed by atoms with van der Waals surface area (Å²) in [5.74, 6) is 0.647. The van der Waals surface area contributed by atoms with Crippen molar-refractivity contribution in [3.63, 3.8) is 0 Å². The Morgan fingerprint density at radius 1 is 1.10 bits per heavy atom. The summed E-state index contributed by atoms with van der Waals surface area (Å²) in [6.07, 6.45) is 5.52. The first-order valence-corrected chi connectivity index (χ1v) is 7.52. The van der Waals surface area contributed by atoms with Gasteiger partial charge in [0, 0.05) is 5.92 Å². The molecule has 2 aromatic carbocycles. The minimum Gasteiger partial charge on any atom is -0.375 e. The highest BCUT2D eigenvalue weighted by molar-refractivity contribution is 5.60. The van der Waals surface area contributed by atoms with Gasteiger partial charge in [0.2, 0.25) is 0 Å². The number of aryl methyl sites for hydroxylation is 1. The molecule has 0 aromatic heterocycles. The first-order valence-electron chi connectivity index (χ1n) is 7.52. The van der Waals surface area contributed by atoms with E-state index in [1.807, 2.05) is 12.1 Å². The van der Waals surface area contributed by atoms with E-state index in [9.17, 15) is 4.39 Å². The van der Waals surface area contributed by atoms with Crippen LogP contribution in [-0.4, -0.2) is 0 Å². The van der Waals surface area contributed by atoms with Crippen molar-refractivity contribution >= 4 is 5.69 Å². The summed E-state index contributed by atoms with van der Waals surface area (Å²) in [5, 5.41) is 3.46. The Labute approximate surface area is 124 Å². The van der Waals surface area contributed by atoms with Crippen molar-refractivity contribution < 1.29 is 4.39 Å². The van der Waals surface area contributed by atoms with Gasteiger partial charge in [-0.1, -0.05) is 54.1 Å². The second kappa shape index (κ2) is 4.73. The quantitative estimate of drug-likeness (QED) is 0.727. The second-order valence-corrected chi connectivity index (χ2v) is 6.09. The average Bonchev–Trinajstić information content (AvgIpc) is 2.98. The van der Waals surface area contributed by atoms with E-state index < -0.39 is 0 Å². The summed E-state index contributed by atoms with van der Waals surface area (Å²) in [6.45, 7) is 2.09. The Balaban J connectivity index is 1.81. The van der Waals surface area contributed by atoms with Gasteiger partial charge in [-0.2, -0.15) is 0 Å². The number of hydrogen-bond acceptors (Lipinski definition) is 1. The SMILES string of the molecule is Cc1ccc([C@@H]2Nc3c(F)cccc3[C@H]3C=CC[C@H]32)cc1. The molecule has 1 heterocycles. The van der Waals surface area contributed by atoms with Gasteiger partial charge in [0.25, 0.3) is 0 Å². The maximum absolute atomic E-state index is 14.2. The third-order valence-electron chi connectivity index (χ3n) is 4.78. The number of benzene rings is 2. The molecule has 1 N–H and O–H groups in total. The Hall–Kier alpha value is -2.09. The second-order valence-electron chi connectivity index (χ2n) is 6.09. The minimum absolute atomic E-state index is 0.150. The van der Waals surface area contributed by atoms with E-state index in [1.54, 1.807) is 0 Å². The molecule has 2 aromatic rings. The highest BCUT2D eigenvalue weighted by Gasteiger charge is 2.38. The zero-order chi connectivity index (χ0) is 14.4. The number of allylic oxidation sites excluding steroid dienone is 2. The van der Waals surface area contributed by atoms with Crippen LogP contribution in [-0.2, 0) is 0 Å². The lowest BCUT2D eigenvalue weighted by Crippen LogP contribution is -2.29. The van der Waals surface area contributed by atoms with Crippen LogP contribution in [0.5, 0.6) is 0 Å². The zero-order valence-corrected chi connectivity index (χ0v) is 12.0. The van der Waals surface area contributed by atoms with Crippen LogP contribution in [0.2, 0.25) is 0 Å². The van der Waals surface area contributed by atoms with Gasteiger partial charge in [-0.3, -0.25) is 0 Å². The van der Waals surface area contributed by atoms with E-state index in [2.05, 4.69) is 48.7 Å². The number of fused-ring (bicyclic) bond motifs is 3. The van der Waals surface area contributed by atoms with E-state index in [0.29, 0.717) is 17.5 Å². The lowest BCUT2D eigenvalue weighted by atomic mass is 9.77. The lowest BCUT2D eigenvalue weighted by Gasteiger charge is -2.37. The van der Waals surface area contributed by atoms with Crippen LogP contribution in [0, 0.1) is 18.7 Å². The number of para-hydroxylation sites is 1. The summed E-state index contributed by atoms with van der Waals surface area (Å²) in [4.78, 5) is 0. The van der Waals surface area contributed by atoms with Crippen LogP contribution >= 0.6 is 0 Å². The molecule has 1 aliphatic heterocycles. The fourth-order valence-corrected chi connectivity index (χ4v) is 3.69. The molecule has 0 saturated carbocycles. The Morgan fingerprint density at radius 2 is 1.90 bits per heavy atom. The van der Waals surface area contributed by atoms with Crippen molar-refractivity contribution in [1.82, 2.24) is 0 Å². The molecular formula is C19H18FN. The smallest absolute Gasteiger partial charge is 0.146 e. The summed E-state index contributed by atoms with van der Waals surface area (Å²) in [6, 6.07) is 14.2. The van der Waals surface area contributed by atoms with Crippen molar-refractivity contribution in [1.29, 1.82) is 0 Å². The monoisotopic (exact) mass is 279 g/mol. The van der Waals surface area contributed by atoms with E-state index >= 15 is 0 Å². The molecule has 2 heteroatoms. The van der Waals surface area contributed by atoms with Crippen LogP contribution in [0.15, 0.2) is 54.6 Å². The molecule has 0 radical (unpaired) electrons. The fourth-order valence-electron chi connectivity index (χ4n) is 3.69. The van der Waals surface area contributed by atoms with Gasteiger partial charge in [0.05, 0.1) is 11.7 Å². The topological polar surface area (TPSA) is 12.0 Å². The van der Waals surface area contributed by atoms with Gasteiger partial charge in [-0.25, -0.2) is 4.39 Å². The molecule has 0 bridgehead atoms. The Morgan fingerprint density at radius 3 is 2.71 bits per heavy atom. The van der Waals surface area contributed by atoms with Crippen LogP contribution in [0.3, 0.4) is 0 Å². The van der Waals surface area contributed by atoms with Gasteiger partial charge in [-0.05, 0) is 36.5 Å². The predicted octanol–water partition coefficient (Wildman–Crippen LogP) is 4.96. The van der Waals surface area contributed by atoms with Crippen LogP contribution < -0.4 is 5.32 Å². The van der Waals surface area contributed by atoms with Crippen molar-refractivity contribution in [2.45, 2.75) is 25.3 Å². The van der Waals surface area contributed by atoms with Crippen molar-refractivity contribution in [2.75, 3.05) is 5.32 Å². The third kappa shape index (κ3) is 1.98. The lowest BCUT2D eigenvalue weighted by molar-refractivity contribution is 0.421. The number of anilines is 1. The minimum atomic E-state index is -0.150. The molecule has 106 valence electrons. The molecule has 21 heavy (non-hydrogen) atoms. The zero-order valence-electron chi connectivity index (χ0n) is 12.0. The van der Waals surface area contributed by atoms with Crippen LogP contribution in [0.4, 0.5) is 10.1 Å². The summed E-state index contributed by atoms with van der Waals surface area (Å²) < 4.78 is 14.2. The van der Waals surface area contributed by atoms with Gasteiger partial charge >= 0.3 is 0 Å². The molecule has 0 amide bonds. The Kier molecular flexibility index (Phi) is 2.85. The van der Waals surface area contributed by atoms with E-state index in [-0.39, 0.29) is 11.9 Å². The van der Waals surface area contributed by atoms with Crippen molar-refractivity contribution in [3.8, 4) is 0 Å². The van der Waals surface area contributed by atoms with E-state index in [0.717, 1.165) is 12.0 Å². The van der Waals surface area contributed by atoms with E-state index in [4.69, 9.17) is 0 Å². The first kappa shape index (κ1) is 12.6. The molecule has 0 spiro atoms. The molecular weight excluding hydrogens is 261 g/mol. The third-order valence-corrected chi connectivity index (χ3v) is 4.78. The molecule has 3 atom stereocenters. The molecule has 4 rings (SSSR count). The maximum atomic E-state index is 14.2. The van der Waals surface area contributed by atoms with Crippen LogP contribution in [0.25, 0.3) is 0 Å². The number of halogens is 1. The van der Waals surface area contributed by atoms with Gasteiger partial charge < -0.3 is 5.32 Å². The van der Waals surface area contributed by atoms with Crippen LogP contribution in [0.1, 0.15) is 35.1 Å². The largest absolute Gasteiger partial charge is 0.375 e. The maximum Gasteiger partial charge on any atom is 0.146 e. The summed E-state index contributed by atoms with van der Waals surface area (Å²) >= 11 is 0. The molecule has 0 saturated heterocycles. The van der Waals surface area contributed by atoms with Gasteiger partial charge in [-0.15, -0.1) is 0 Å². The molecule has 2 aliphatic rings. The number of rotatable bonds is 1. The Bertz CT molecular complexity index is 702. The fraction of sp³-hybridized carbons (Fsp3) is 0.263. The average molecular weight is 279 g/mol. The predicted molar refractivity (Wildman–Crippen MR) is 83.9 cm³/mol. The summed E-state index contributed by atoms with van der Waals surface area (Å²) in [7, 11) is 0. The number of hydrogen-bond donors (Lipinski definition) is 1. The molecule has 1 aliphatic carbocycles. The highest BCUT2D eigenvalue weighted by atomic mass is 19.1. The molecule has 0 fully saturated rings. The van der Waals surface area contributed by atoms with Gasteiger partial charge in [0.15, 0.2) is 0 Å². The van der Waals surface area contributed by atoms with Gasteiger partial charge in [0.1, 0.15) is 5.82 Å². The molecule has 1 nitrogen and oxygen atoms in total. The highest BCUT2D eigenvalue weighted by Crippen LogP contribution is 2.50. The standard InChI is InChI=1S/C19H18FN/c1-12-8-10-13(11-9-12)18-15-5-2-4-14(15)16-6-3-7-17(20)19(16)21-18/h2-4,6-11,14-15,18,21H,5H2,1H3/t14-,15+,18-/m0/s1. The number of nitrogens with one attached hydrogen (secondary N) is 1. The summed E-state index contributed by atoms with van der Waals surface area (Å²) in [5.41, 5.74) is 4.27. The normalized spacial score (nSPS) is 26.1. The first-order chi connectivity index (χ1) is 10.2. The van der Waals surface area contributed by atoms with E-state index in [1.165, 1.54) is 17.2 Å². The van der Waals surface area contributed by atoms with Crippen molar-refractivity contribution in [2.24, 2.45) is 5.92 Å².